The van der Waals surface area contributed by atoms with Crippen molar-refractivity contribution in [3.63, 3.8) is 0 Å². The Morgan fingerprint density at radius 2 is 1.83 bits per heavy atom. The summed E-state index contributed by atoms with van der Waals surface area (Å²) in [4.78, 5) is 16.8. The van der Waals surface area contributed by atoms with E-state index in [2.05, 4.69) is 10.3 Å². The minimum absolute atomic E-state index is 0.204. The molecule has 0 aliphatic carbocycles. The third kappa shape index (κ3) is 2.81. The highest BCUT2D eigenvalue weighted by molar-refractivity contribution is 6.09. The molecule has 116 valence electrons. The van der Waals surface area contributed by atoms with Crippen LogP contribution in [-0.2, 0) is 0 Å². The number of nitrogens with one attached hydrogen (secondary N) is 1. The van der Waals surface area contributed by atoms with E-state index in [4.69, 9.17) is 9.47 Å². The number of rotatable bonds is 4. The number of hydrogen-bond acceptors (Lipinski definition) is 4. The van der Waals surface area contributed by atoms with Crippen LogP contribution in [0.3, 0.4) is 0 Å². The number of ether oxygens (including phenoxy) is 2. The molecule has 23 heavy (non-hydrogen) atoms. The maximum atomic E-state index is 12.4. The molecule has 0 radical (unpaired) electrons. The Bertz CT molecular complexity index is 848. The van der Waals surface area contributed by atoms with Gasteiger partial charge in [0.2, 0.25) is 0 Å². The fourth-order valence-electron chi connectivity index (χ4n) is 2.44. The zero-order valence-corrected chi connectivity index (χ0v) is 12.9. The molecule has 2 aromatic carbocycles. The summed E-state index contributed by atoms with van der Waals surface area (Å²) in [7, 11) is 3.13. The molecule has 1 amide bonds. The topological polar surface area (TPSA) is 60.5 Å². The van der Waals surface area contributed by atoms with Gasteiger partial charge in [0.15, 0.2) is 11.5 Å². The minimum atomic E-state index is -0.204. The lowest BCUT2D eigenvalue weighted by atomic mass is 10.1. The average molecular weight is 308 g/mol. The number of methoxy groups -OCH3 is 2. The van der Waals surface area contributed by atoms with Crippen LogP contribution in [0.15, 0.2) is 54.7 Å². The number of carbonyl (C=O) groups is 1. The van der Waals surface area contributed by atoms with Gasteiger partial charge in [-0.05, 0) is 24.3 Å². The highest BCUT2D eigenvalue weighted by Crippen LogP contribution is 2.39. The third-order valence-corrected chi connectivity index (χ3v) is 3.51. The van der Waals surface area contributed by atoms with Crippen molar-refractivity contribution in [3.8, 4) is 11.5 Å². The zero-order valence-electron chi connectivity index (χ0n) is 12.9. The fraction of sp³-hybridized carbons (Fsp3) is 0.111. The van der Waals surface area contributed by atoms with Gasteiger partial charge in [-0.25, -0.2) is 0 Å². The van der Waals surface area contributed by atoms with Crippen molar-refractivity contribution in [3.05, 3.63) is 60.3 Å². The molecule has 0 unspecified atom stereocenters. The second-order valence-corrected chi connectivity index (χ2v) is 4.88. The van der Waals surface area contributed by atoms with Crippen LogP contribution in [0.25, 0.3) is 10.9 Å². The Balaban J connectivity index is 2.09. The number of hydrogen-bond donors (Lipinski definition) is 1. The van der Waals surface area contributed by atoms with E-state index in [1.54, 1.807) is 38.6 Å². The Labute approximate surface area is 133 Å². The van der Waals surface area contributed by atoms with Gasteiger partial charge in [-0.1, -0.05) is 18.2 Å². The van der Waals surface area contributed by atoms with Crippen LogP contribution in [0.4, 0.5) is 5.69 Å². The number of carbonyl (C=O) groups excluding carboxylic acids is 1. The Hall–Kier alpha value is -3.08. The Morgan fingerprint density at radius 1 is 1.04 bits per heavy atom. The van der Waals surface area contributed by atoms with Gasteiger partial charge in [-0.15, -0.1) is 0 Å². The fourth-order valence-corrected chi connectivity index (χ4v) is 2.44. The normalized spacial score (nSPS) is 10.3. The molecule has 0 atom stereocenters. The van der Waals surface area contributed by atoms with E-state index in [0.717, 1.165) is 5.39 Å². The Kier molecular flexibility index (Phi) is 4.10. The van der Waals surface area contributed by atoms with Crippen LogP contribution < -0.4 is 14.8 Å². The number of amides is 1. The molecular formula is C18H16N2O3. The van der Waals surface area contributed by atoms with Crippen LogP contribution in [0.5, 0.6) is 11.5 Å². The molecule has 1 N–H and O–H groups in total. The van der Waals surface area contributed by atoms with Crippen LogP contribution >= 0.6 is 0 Å². The molecule has 0 fully saturated rings. The number of aromatic nitrogens is 1. The summed E-state index contributed by atoms with van der Waals surface area (Å²) >= 11 is 0. The molecule has 1 heterocycles. The SMILES string of the molecule is COc1cc(NC(=O)c2ccccc2)c2ncccc2c1OC. The van der Waals surface area contributed by atoms with Gasteiger partial charge in [-0.2, -0.15) is 0 Å². The van der Waals surface area contributed by atoms with E-state index in [1.165, 1.54) is 0 Å². The van der Waals surface area contributed by atoms with E-state index >= 15 is 0 Å². The molecule has 0 aliphatic heterocycles. The van der Waals surface area contributed by atoms with Gasteiger partial charge in [0.25, 0.3) is 5.91 Å². The number of pyridine rings is 1. The van der Waals surface area contributed by atoms with E-state index in [-0.39, 0.29) is 5.91 Å². The number of fused-ring (bicyclic) bond motifs is 1. The quantitative estimate of drug-likeness (QED) is 0.801. The number of nitrogens with zero attached hydrogens (tertiary/aromatic N) is 1. The summed E-state index contributed by atoms with van der Waals surface area (Å²) in [5.41, 5.74) is 1.80. The minimum Gasteiger partial charge on any atom is -0.493 e. The summed E-state index contributed by atoms with van der Waals surface area (Å²) < 4.78 is 10.8. The van der Waals surface area contributed by atoms with Crippen LogP contribution in [0.1, 0.15) is 10.4 Å². The average Bonchev–Trinajstić information content (AvgIpc) is 2.62. The molecule has 3 aromatic rings. The lowest BCUT2D eigenvalue weighted by molar-refractivity contribution is 0.102. The lowest BCUT2D eigenvalue weighted by Crippen LogP contribution is -2.12. The molecule has 5 heteroatoms. The van der Waals surface area contributed by atoms with Crippen molar-refractivity contribution in [2.75, 3.05) is 19.5 Å². The first-order chi connectivity index (χ1) is 11.2. The summed E-state index contributed by atoms with van der Waals surface area (Å²) in [6.45, 7) is 0. The third-order valence-electron chi connectivity index (χ3n) is 3.51. The summed E-state index contributed by atoms with van der Waals surface area (Å²) in [6, 6.07) is 14.4. The second-order valence-electron chi connectivity index (χ2n) is 4.88. The van der Waals surface area contributed by atoms with E-state index in [9.17, 15) is 4.79 Å². The first kappa shape index (κ1) is 14.8. The van der Waals surface area contributed by atoms with Crippen LogP contribution in [0.2, 0.25) is 0 Å². The van der Waals surface area contributed by atoms with Gasteiger partial charge in [0.05, 0.1) is 25.4 Å². The molecule has 1 aromatic heterocycles. The van der Waals surface area contributed by atoms with Crippen LogP contribution in [-0.4, -0.2) is 25.1 Å². The van der Waals surface area contributed by atoms with Crippen molar-refractivity contribution in [1.82, 2.24) is 4.98 Å². The molecule has 0 bridgehead atoms. The van der Waals surface area contributed by atoms with Gasteiger partial charge in [0.1, 0.15) is 0 Å². The van der Waals surface area contributed by atoms with Crippen molar-refractivity contribution in [1.29, 1.82) is 0 Å². The smallest absolute Gasteiger partial charge is 0.255 e. The molecule has 0 aliphatic rings. The van der Waals surface area contributed by atoms with Crippen molar-refractivity contribution < 1.29 is 14.3 Å². The Morgan fingerprint density at radius 3 is 2.52 bits per heavy atom. The highest BCUT2D eigenvalue weighted by Gasteiger charge is 2.16. The monoisotopic (exact) mass is 308 g/mol. The first-order valence-corrected chi connectivity index (χ1v) is 7.10. The summed E-state index contributed by atoms with van der Waals surface area (Å²) in [6.07, 6.45) is 1.67. The number of benzene rings is 2. The molecule has 0 saturated heterocycles. The van der Waals surface area contributed by atoms with Gasteiger partial charge < -0.3 is 14.8 Å². The van der Waals surface area contributed by atoms with Crippen molar-refractivity contribution in [2.45, 2.75) is 0 Å². The molecule has 5 nitrogen and oxygen atoms in total. The van der Waals surface area contributed by atoms with Crippen molar-refractivity contribution in [2.24, 2.45) is 0 Å². The van der Waals surface area contributed by atoms with E-state index in [1.807, 2.05) is 30.3 Å². The standard InChI is InChI=1S/C18H16N2O3/c1-22-15-11-14(20-18(21)12-7-4-3-5-8-12)16-13(17(15)23-2)9-6-10-19-16/h3-11H,1-2H3,(H,20,21). The maximum Gasteiger partial charge on any atom is 0.255 e. The zero-order chi connectivity index (χ0) is 16.2. The molecule has 0 saturated carbocycles. The van der Waals surface area contributed by atoms with Gasteiger partial charge in [0, 0.05) is 23.2 Å². The van der Waals surface area contributed by atoms with E-state index < -0.39 is 0 Å². The molecule has 0 spiro atoms. The van der Waals surface area contributed by atoms with Gasteiger partial charge in [-0.3, -0.25) is 9.78 Å². The predicted molar refractivity (Wildman–Crippen MR) is 89.2 cm³/mol. The van der Waals surface area contributed by atoms with Crippen LogP contribution in [0, 0.1) is 0 Å². The van der Waals surface area contributed by atoms with E-state index in [0.29, 0.717) is 28.3 Å². The lowest BCUT2D eigenvalue weighted by Gasteiger charge is -2.14. The maximum absolute atomic E-state index is 12.4. The summed E-state index contributed by atoms with van der Waals surface area (Å²) in [5, 5.41) is 3.67. The van der Waals surface area contributed by atoms with Crippen molar-refractivity contribution >= 4 is 22.5 Å². The summed E-state index contributed by atoms with van der Waals surface area (Å²) in [5.74, 6) is 0.925. The second kappa shape index (κ2) is 6.36. The first-order valence-electron chi connectivity index (χ1n) is 7.10. The predicted octanol–water partition coefficient (Wildman–Crippen LogP) is 3.50. The highest BCUT2D eigenvalue weighted by atomic mass is 16.5. The molecule has 3 rings (SSSR count). The van der Waals surface area contributed by atoms with Gasteiger partial charge >= 0.3 is 0 Å². The molecular weight excluding hydrogens is 292 g/mol. The number of anilines is 1. The largest absolute Gasteiger partial charge is 0.493 e.